The van der Waals surface area contributed by atoms with Gasteiger partial charge in [0.2, 0.25) is 11.9 Å². The van der Waals surface area contributed by atoms with Crippen molar-refractivity contribution in [1.82, 2.24) is 15.0 Å². The fourth-order valence-electron chi connectivity index (χ4n) is 3.16. The molecule has 0 amide bonds. The maximum Gasteiger partial charge on any atom is 0.323 e. The average molecular weight is 263 g/mol. The first-order chi connectivity index (χ1) is 9.26. The number of nitrogens with zero attached hydrogens (tertiary/aromatic N) is 4. The maximum atomic E-state index is 5.75. The summed E-state index contributed by atoms with van der Waals surface area (Å²) in [5.74, 6) is 2.53. The SMILES string of the molecule is CCCOc1nc(N)nc(N2CC3CCCC3C2)n1. The quantitative estimate of drug-likeness (QED) is 0.886. The van der Waals surface area contributed by atoms with E-state index in [1.54, 1.807) is 0 Å². The van der Waals surface area contributed by atoms with Crippen molar-refractivity contribution < 1.29 is 4.74 Å². The van der Waals surface area contributed by atoms with Crippen LogP contribution in [0.5, 0.6) is 6.01 Å². The Labute approximate surface area is 113 Å². The molecule has 2 aliphatic rings. The summed E-state index contributed by atoms with van der Waals surface area (Å²) in [5, 5.41) is 0. The lowest BCUT2D eigenvalue weighted by molar-refractivity contribution is 0.292. The predicted octanol–water partition coefficient (Wildman–Crippen LogP) is 1.48. The van der Waals surface area contributed by atoms with Gasteiger partial charge in [0.05, 0.1) is 6.61 Å². The minimum Gasteiger partial charge on any atom is -0.463 e. The molecule has 2 heterocycles. The first-order valence-electron chi connectivity index (χ1n) is 7.15. The highest BCUT2D eigenvalue weighted by atomic mass is 16.5. The van der Waals surface area contributed by atoms with Crippen LogP contribution in [-0.4, -0.2) is 34.6 Å². The smallest absolute Gasteiger partial charge is 0.323 e. The van der Waals surface area contributed by atoms with Crippen LogP contribution in [0, 0.1) is 11.8 Å². The van der Waals surface area contributed by atoms with Crippen molar-refractivity contribution in [2.45, 2.75) is 32.6 Å². The molecule has 2 N–H and O–H groups in total. The number of anilines is 2. The Bertz CT molecular complexity index is 441. The number of ether oxygens (including phenoxy) is 1. The van der Waals surface area contributed by atoms with Crippen LogP contribution in [0.2, 0.25) is 0 Å². The van der Waals surface area contributed by atoms with Gasteiger partial charge in [-0.05, 0) is 31.1 Å². The third kappa shape index (κ3) is 2.57. The summed E-state index contributed by atoms with van der Waals surface area (Å²) in [4.78, 5) is 14.9. The molecular weight excluding hydrogens is 242 g/mol. The van der Waals surface area contributed by atoms with Gasteiger partial charge in [-0.1, -0.05) is 13.3 Å². The van der Waals surface area contributed by atoms with Gasteiger partial charge >= 0.3 is 6.01 Å². The molecule has 3 rings (SSSR count). The van der Waals surface area contributed by atoms with Gasteiger partial charge in [-0.15, -0.1) is 0 Å². The summed E-state index contributed by atoms with van der Waals surface area (Å²) in [5.41, 5.74) is 5.75. The summed E-state index contributed by atoms with van der Waals surface area (Å²) >= 11 is 0. The number of fused-ring (bicyclic) bond motifs is 1. The molecule has 0 aromatic carbocycles. The highest BCUT2D eigenvalue weighted by Crippen LogP contribution is 2.38. The molecule has 0 radical (unpaired) electrons. The zero-order valence-electron chi connectivity index (χ0n) is 11.4. The molecular formula is C13H21N5O. The third-order valence-corrected chi connectivity index (χ3v) is 4.06. The van der Waals surface area contributed by atoms with Crippen LogP contribution in [0.4, 0.5) is 11.9 Å². The Morgan fingerprint density at radius 1 is 1.21 bits per heavy atom. The van der Waals surface area contributed by atoms with Crippen molar-refractivity contribution >= 4 is 11.9 Å². The molecule has 6 heteroatoms. The summed E-state index contributed by atoms with van der Waals surface area (Å²) in [7, 11) is 0. The van der Waals surface area contributed by atoms with E-state index in [9.17, 15) is 0 Å². The van der Waals surface area contributed by atoms with Crippen LogP contribution in [0.1, 0.15) is 32.6 Å². The van der Waals surface area contributed by atoms with Crippen LogP contribution >= 0.6 is 0 Å². The number of nitrogens with two attached hydrogens (primary N) is 1. The number of nitrogen functional groups attached to an aromatic ring is 1. The summed E-state index contributed by atoms with van der Waals surface area (Å²) in [6, 6.07) is 0.349. The van der Waals surface area contributed by atoms with E-state index in [0.29, 0.717) is 18.6 Å². The van der Waals surface area contributed by atoms with Gasteiger partial charge in [-0.3, -0.25) is 0 Å². The molecule has 1 saturated carbocycles. The minimum absolute atomic E-state index is 0.244. The highest BCUT2D eigenvalue weighted by Gasteiger charge is 2.37. The Morgan fingerprint density at radius 2 is 1.95 bits per heavy atom. The second-order valence-electron chi connectivity index (χ2n) is 5.48. The zero-order chi connectivity index (χ0) is 13.2. The Balaban J connectivity index is 1.75. The van der Waals surface area contributed by atoms with Crippen molar-refractivity contribution in [2.24, 2.45) is 11.8 Å². The number of hydrogen-bond acceptors (Lipinski definition) is 6. The summed E-state index contributed by atoms with van der Waals surface area (Å²) in [6.07, 6.45) is 4.96. The first-order valence-corrected chi connectivity index (χ1v) is 7.15. The van der Waals surface area contributed by atoms with Gasteiger partial charge in [0, 0.05) is 13.1 Å². The normalized spacial score (nSPS) is 25.6. The summed E-state index contributed by atoms with van der Waals surface area (Å²) < 4.78 is 5.46. The van der Waals surface area contributed by atoms with Crippen molar-refractivity contribution in [3.05, 3.63) is 0 Å². The number of rotatable bonds is 4. The van der Waals surface area contributed by atoms with Gasteiger partial charge in [0.25, 0.3) is 0 Å². The van der Waals surface area contributed by atoms with Gasteiger partial charge in [-0.2, -0.15) is 15.0 Å². The van der Waals surface area contributed by atoms with E-state index >= 15 is 0 Å². The molecule has 2 fully saturated rings. The fraction of sp³-hybridized carbons (Fsp3) is 0.769. The van der Waals surface area contributed by atoms with E-state index in [0.717, 1.165) is 31.3 Å². The van der Waals surface area contributed by atoms with Crippen molar-refractivity contribution in [1.29, 1.82) is 0 Å². The molecule has 1 aromatic heterocycles. The molecule has 1 saturated heterocycles. The van der Waals surface area contributed by atoms with Gasteiger partial charge < -0.3 is 15.4 Å². The maximum absolute atomic E-state index is 5.75. The van der Waals surface area contributed by atoms with Gasteiger partial charge in [0.1, 0.15) is 0 Å². The van der Waals surface area contributed by atoms with E-state index in [4.69, 9.17) is 10.5 Å². The molecule has 2 unspecified atom stereocenters. The average Bonchev–Trinajstić information content (AvgIpc) is 2.96. The molecule has 6 nitrogen and oxygen atoms in total. The summed E-state index contributed by atoms with van der Waals surface area (Å²) in [6.45, 7) is 4.74. The topological polar surface area (TPSA) is 77.2 Å². The van der Waals surface area contributed by atoms with Crippen molar-refractivity contribution in [3.63, 3.8) is 0 Å². The largest absolute Gasteiger partial charge is 0.463 e. The Morgan fingerprint density at radius 3 is 2.63 bits per heavy atom. The lowest BCUT2D eigenvalue weighted by Gasteiger charge is -2.17. The molecule has 104 valence electrons. The molecule has 19 heavy (non-hydrogen) atoms. The molecule has 0 spiro atoms. The van der Waals surface area contributed by atoms with Crippen LogP contribution in [-0.2, 0) is 0 Å². The molecule has 0 bridgehead atoms. The molecule has 1 aliphatic heterocycles. The lowest BCUT2D eigenvalue weighted by Crippen LogP contribution is -2.24. The monoisotopic (exact) mass is 263 g/mol. The first kappa shape index (κ1) is 12.4. The number of hydrogen-bond donors (Lipinski definition) is 1. The van der Waals surface area contributed by atoms with Gasteiger partial charge in [0.15, 0.2) is 0 Å². The minimum atomic E-state index is 0.244. The molecule has 1 aliphatic carbocycles. The third-order valence-electron chi connectivity index (χ3n) is 4.06. The number of aromatic nitrogens is 3. The molecule has 1 aromatic rings. The van der Waals surface area contributed by atoms with E-state index < -0.39 is 0 Å². The second kappa shape index (κ2) is 5.19. The highest BCUT2D eigenvalue weighted by molar-refractivity contribution is 5.37. The van der Waals surface area contributed by atoms with E-state index in [-0.39, 0.29) is 5.95 Å². The predicted molar refractivity (Wildman–Crippen MR) is 73.1 cm³/mol. The van der Waals surface area contributed by atoms with Crippen LogP contribution in [0.15, 0.2) is 0 Å². The van der Waals surface area contributed by atoms with Crippen LogP contribution in [0.25, 0.3) is 0 Å². The zero-order valence-corrected chi connectivity index (χ0v) is 11.4. The van der Waals surface area contributed by atoms with E-state index in [1.165, 1.54) is 19.3 Å². The van der Waals surface area contributed by atoms with Gasteiger partial charge in [-0.25, -0.2) is 0 Å². The second-order valence-corrected chi connectivity index (χ2v) is 5.48. The fourth-order valence-corrected chi connectivity index (χ4v) is 3.16. The van der Waals surface area contributed by atoms with E-state index in [1.807, 2.05) is 6.92 Å². The lowest BCUT2D eigenvalue weighted by atomic mass is 10.0. The van der Waals surface area contributed by atoms with Crippen LogP contribution < -0.4 is 15.4 Å². The molecule has 2 atom stereocenters. The Hall–Kier alpha value is -1.59. The standard InChI is InChI=1S/C13H21N5O/c1-2-6-19-13-16-11(14)15-12(17-13)18-7-9-4-3-5-10(9)8-18/h9-10H,2-8H2,1H3,(H2,14,15,16,17). The van der Waals surface area contributed by atoms with Crippen LogP contribution in [0.3, 0.4) is 0 Å². The van der Waals surface area contributed by atoms with E-state index in [2.05, 4.69) is 19.9 Å². The van der Waals surface area contributed by atoms with Crippen molar-refractivity contribution in [2.75, 3.05) is 30.3 Å². The van der Waals surface area contributed by atoms with Crippen molar-refractivity contribution in [3.8, 4) is 6.01 Å². The Kier molecular flexibility index (Phi) is 3.40.